The summed E-state index contributed by atoms with van der Waals surface area (Å²) in [6, 6.07) is 4.25. The van der Waals surface area contributed by atoms with Gasteiger partial charge in [-0.3, -0.25) is 4.90 Å². The van der Waals surface area contributed by atoms with Crippen LogP contribution >= 0.6 is 45.8 Å². The molecule has 0 spiro atoms. The lowest BCUT2D eigenvalue weighted by atomic mass is 10.2. The molecule has 5 rings (SSSR count). The fourth-order valence-corrected chi connectivity index (χ4v) is 6.88. The van der Waals surface area contributed by atoms with Crippen molar-refractivity contribution in [1.82, 2.24) is 19.9 Å². The maximum atomic E-state index is 5.47. The van der Waals surface area contributed by atoms with Crippen LogP contribution < -0.4 is 0 Å². The molecule has 4 aromatic heterocycles. The number of morpholine rings is 1. The Balaban J connectivity index is 1.57. The Morgan fingerprint density at radius 2 is 2.00 bits per heavy atom. The predicted octanol–water partition coefficient (Wildman–Crippen LogP) is 5.17. The van der Waals surface area contributed by atoms with Crippen molar-refractivity contribution in [3.05, 3.63) is 39.8 Å². The number of nitrogens with zero attached hydrogens (tertiary/aromatic N) is 4. The standard InChI is InChI=1S/C19H18N4OS4/c1-12-10-27-19(20-12)28-18-16-13(14-3-2-8-25-14)11-26-17(16)21-15(22-18)9-23-4-6-24-7-5-23/h2-3,8,10-11H,4-7,9H2,1H3. The van der Waals surface area contributed by atoms with E-state index >= 15 is 0 Å². The fourth-order valence-electron chi connectivity index (χ4n) is 3.13. The number of fused-ring (bicyclic) bond motifs is 1. The quantitative estimate of drug-likeness (QED) is 0.394. The van der Waals surface area contributed by atoms with Gasteiger partial charge in [0.1, 0.15) is 15.7 Å². The molecular weight excluding hydrogens is 429 g/mol. The highest BCUT2D eigenvalue weighted by Gasteiger charge is 2.20. The summed E-state index contributed by atoms with van der Waals surface area (Å²) in [7, 11) is 0. The first-order valence-electron chi connectivity index (χ1n) is 8.98. The molecular formula is C19H18N4OS4. The van der Waals surface area contributed by atoms with E-state index in [9.17, 15) is 0 Å². The third kappa shape index (κ3) is 3.87. The van der Waals surface area contributed by atoms with E-state index in [-0.39, 0.29) is 0 Å². The van der Waals surface area contributed by atoms with Crippen LogP contribution in [0.2, 0.25) is 0 Å². The predicted molar refractivity (Wildman–Crippen MR) is 118 cm³/mol. The number of aromatic nitrogens is 3. The van der Waals surface area contributed by atoms with Gasteiger partial charge in [-0.05, 0) is 30.1 Å². The number of aryl methyl sites for hydroxylation is 1. The summed E-state index contributed by atoms with van der Waals surface area (Å²) in [4.78, 5) is 19.2. The molecule has 28 heavy (non-hydrogen) atoms. The Morgan fingerprint density at radius 1 is 1.11 bits per heavy atom. The molecule has 4 aromatic rings. The van der Waals surface area contributed by atoms with Gasteiger partial charge in [0.25, 0.3) is 0 Å². The average Bonchev–Trinajstić information content (AvgIpc) is 3.43. The van der Waals surface area contributed by atoms with Gasteiger partial charge in [0.15, 0.2) is 4.34 Å². The van der Waals surface area contributed by atoms with Crippen LogP contribution in [0.15, 0.2) is 37.6 Å². The Bertz CT molecular complexity index is 1080. The average molecular weight is 447 g/mol. The molecule has 1 aliphatic rings. The smallest absolute Gasteiger partial charge is 0.156 e. The number of ether oxygens (including phenoxy) is 1. The molecule has 0 aliphatic carbocycles. The van der Waals surface area contributed by atoms with Crippen molar-refractivity contribution < 1.29 is 4.74 Å². The van der Waals surface area contributed by atoms with Crippen LogP contribution in [0.1, 0.15) is 11.5 Å². The normalized spacial score (nSPS) is 15.5. The summed E-state index contributed by atoms with van der Waals surface area (Å²) < 4.78 is 6.49. The fraction of sp³-hybridized carbons (Fsp3) is 0.316. The highest BCUT2D eigenvalue weighted by Crippen LogP contribution is 2.42. The van der Waals surface area contributed by atoms with E-state index in [1.54, 1.807) is 45.8 Å². The van der Waals surface area contributed by atoms with Gasteiger partial charge in [0.2, 0.25) is 0 Å². The van der Waals surface area contributed by atoms with E-state index in [0.717, 1.165) is 63.9 Å². The van der Waals surface area contributed by atoms with Gasteiger partial charge in [-0.25, -0.2) is 15.0 Å². The van der Waals surface area contributed by atoms with Crippen molar-refractivity contribution in [2.24, 2.45) is 0 Å². The highest BCUT2D eigenvalue weighted by atomic mass is 32.2. The number of rotatable bonds is 5. The van der Waals surface area contributed by atoms with E-state index in [1.807, 2.05) is 6.92 Å². The molecule has 0 unspecified atom stereocenters. The lowest BCUT2D eigenvalue weighted by Crippen LogP contribution is -2.36. The van der Waals surface area contributed by atoms with Gasteiger partial charge in [-0.15, -0.1) is 34.0 Å². The van der Waals surface area contributed by atoms with Crippen LogP contribution in [0.4, 0.5) is 0 Å². The third-order valence-corrected chi connectivity index (χ3v) is 8.30. The number of thiazole rings is 1. The van der Waals surface area contributed by atoms with Gasteiger partial charge in [0, 0.05) is 40.0 Å². The van der Waals surface area contributed by atoms with Gasteiger partial charge < -0.3 is 4.74 Å². The summed E-state index contributed by atoms with van der Waals surface area (Å²) in [6.45, 7) is 6.21. The minimum absolute atomic E-state index is 0.760. The van der Waals surface area contributed by atoms with Crippen LogP contribution in [0.5, 0.6) is 0 Å². The topological polar surface area (TPSA) is 51.1 Å². The minimum Gasteiger partial charge on any atom is -0.379 e. The Labute approximate surface area is 179 Å². The summed E-state index contributed by atoms with van der Waals surface area (Å²) in [5.41, 5.74) is 2.28. The van der Waals surface area contributed by atoms with Crippen molar-refractivity contribution >= 4 is 56.0 Å². The molecule has 0 bridgehead atoms. The van der Waals surface area contributed by atoms with Gasteiger partial charge in [-0.1, -0.05) is 6.07 Å². The summed E-state index contributed by atoms with van der Waals surface area (Å²) in [6.07, 6.45) is 0. The second kappa shape index (κ2) is 8.17. The van der Waals surface area contributed by atoms with E-state index in [0.29, 0.717) is 0 Å². The molecule has 144 valence electrons. The van der Waals surface area contributed by atoms with Gasteiger partial charge >= 0.3 is 0 Å². The van der Waals surface area contributed by atoms with Crippen LogP contribution in [0.3, 0.4) is 0 Å². The third-order valence-electron chi connectivity index (χ3n) is 4.48. The minimum atomic E-state index is 0.760. The number of hydrogen-bond acceptors (Lipinski definition) is 9. The Hall–Kier alpha value is -1.36. The van der Waals surface area contributed by atoms with E-state index in [1.165, 1.54) is 10.4 Å². The first-order chi connectivity index (χ1) is 13.8. The molecule has 9 heteroatoms. The molecule has 5 heterocycles. The summed E-state index contributed by atoms with van der Waals surface area (Å²) in [5.74, 6) is 0.879. The van der Waals surface area contributed by atoms with Crippen molar-refractivity contribution in [1.29, 1.82) is 0 Å². The maximum Gasteiger partial charge on any atom is 0.156 e. The summed E-state index contributed by atoms with van der Waals surface area (Å²) in [5, 5.41) is 8.57. The molecule has 5 nitrogen and oxygen atoms in total. The lowest BCUT2D eigenvalue weighted by molar-refractivity contribution is 0.0330. The molecule has 0 radical (unpaired) electrons. The lowest BCUT2D eigenvalue weighted by Gasteiger charge is -2.25. The van der Waals surface area contributed by atoms with Gasteiger partial charge in [-0.2, -0.15) is 0 Å². The number of hydrogen-bond donors (Lipinski definition) is 0. The highest BCUT2D eigenvalue weighted by molar-refractivity contribution is 8.01. The van der Waals surface area contributed by atoms with Crippen molar-refractivity contribution in [3.63, 3.8) is 0 Å². The second-order valence-corrected chi connectivity index (χ2v) is 10.4. The molecule has 1 aliphatic heterocycles. The summed E-state index contributed by atoms with van der Waals surface area (Å²) >= 11 is 6.78. The van der Waals surface area contributed by atoms with E-state index in [4.69, 9.17) is 14.7 Å². The van der Waals surface area contributed by atoms with Gasteiger partial charge in [0.05, 0.1) is 25.1 Å². The Morgan fingerprint density at radius 3 is 2.75 bits per heavy atom. The molecule has 0 amide bonds. The van der Waals surface area contributed by atoms with Crippen LogP contribution in [0, 0.1) is 6.92 Å². The zero-order valence-electron chi connectivity index (χ0n) is 15.3. The zero-order chi connectivity index (χ0) is 18.9. The molecule has 1 saturated heterocycles. The van der Waals surface area contributed by atoms with Crippen LogP contribution in [-0.2, 0) is 11.3 Å². The molecule has 0 N–H and O–H groups in total. The van der Waals surface area contributed by atoms with Crippen LogP contribution in [0.25, 0.3) is 20.7 Å². The largest absolute Gasteiger partial charge is 0.379 e. The van der Waals surface area contributed by atoms with Crippen molar-refractivity contribution in [2.45, 2.75) is 22.8 Å². The van der Waals surface area contributed by atoms with E-state index < -0.39 is 0 Å². The molecule has 0 saturated carbocycles. The van der Waals surface area contributed by atoms with Crippen molar-refractivity contribution in [3.8, 4) is 10.4 Å². The molecule has 0 aromatic carbocycles. The van der Waals surface area contributed by atoms with Crippen molar-refractivity contribution in [2.75, 3.05) is 26.3 Å². The first-order valence-corrected chi connectivity index (χ1v) is 12.4. The van der Waals surface area contributed by atoms with E-state index in [2.05, 4.69) is 38.2 Å². The Kier molecular flexibility index (Phi) is 5.45. The SMILES string of the molecule is Cc1csc(Sc2nc(CN3CCOCC3)nc3scc(-c4cccs4)c23)n1. The number of thiophene rings is 2. The molecule has 0 atom stereocenters. The monoisotopic (exact) mass is 446 g/mol. The van der Waals surface area contributed by atoms with Crippen LogP contribution in [-0.4, -0.2) is 46.2 Å². The maximum absolute atomic E-state index is 5.47. The molecule has 1 fully saturated rings. The second-order valence-electron chi connectivity index (χ2n) is 6.50. The zero-order valence-corrected chi connectivity index (χ0v) is 18.5. The first kappa shape index (κ1) is 18.7.